The van der Waals surface area contributed by atoms with Gasteiger partial charge in [-0.2, -0.15) is 0 Å². The number of halogens is 2. The van der Waals surface area contributed by atoms with Crippen LogP contribution >= 0.6 is 35.3 Å². The smallest absolute Gasteiger partial charge is 0.0931 e. The van der Waals surface area contributed by atoms with Crippen LogP contribution in [0.15, 0.2) is 12.1 Å². The summed E-state index contributed by atoms with van der Waals surface area (Å²) in [4.78, 5) is 1.45. The minimum atomic E-state index is 0. The third-order valence-electron chi connectivity index (χ3n) is 2.54. The van der Waals surface area contributed by atoms with Crippen molar-refractivity contribution in [1.82, 2.24) is 5.32 Å². The lowest BCUT2D eigenvalue weighted by Crippen LogP contribution is -2.37. The van der Waals surface area contributed by atoms with Gasteiger partial charge in [0.25, 0.3) is 0 Å². The quantitative estimate of drug-likeness (QED) is 0.833. The van der Waals surface area contributed by atoms with Gasteiger partial charge >= 0.3 is 0 Å². The van der Waals surface area contributed by atoms with Crippen LogP contribution in [0.2, 0.25) is 4.34 Å². The number of hydrogen-bond acceptors (Lipinski definition) is 2. The van der Waals surface area contributed by atoms with Gasteiger partial charge in [0.15, 0.2) is 0 Å². The van der Waals surface area contributed by atoms with Crippen molar-refractivity contribution in [3.8, 4) is 0 Å². The van der Waals surface area contributed by atoms with Crippen LogP contribution in [-0.4, -0.2) is 13.1 Å². The predicted molar refractivity (Wildman–Crippen MR) is 61.4 cm³/mol. The van der Waals surface area contributed by atoms with Crippen LogP contribution in [0.5, 0.6) is 0 Å². The van der Waals surface area contributed by atoms with E-state index >= 15 is 0 Å². The maximum atomic E-state index is 5.86. The summed E-state index contributed by atoms with van der Waals surface area (Å²) in [5, 5.41) is 3.28. The average Bonchev–Trinajstić information content (AvgIpc) is 2.34. The number of hydrogen-bond donors (Lipinski definition) is 1. The third kappa shape index (κ3) is 2.38. The Morgan fingerprint density at radius 1 is 1.46 bits per heavy atom. The zero-order valence-corrected chi connectivity index (χ0v) is 9.81. The maximum Gasteiger partial charge on any atom is 0.0931 e. The summed E-state index contributed by atoms with van der Waals surface area (Å²) < 4.78 is 0.915. The van der Waals surface area contributed by atoms with Gasteiger partial charge in [0.05, 0.1) is 4.34 Å². The van der Waals surface area contributed by atoms with E-state index in [1.54, 1.807) is 11.3 Å². The minimum Gasteiger partial charge on any atom is -0.317 e. The molecule has 0 spiro atoms. The second-order valence-corrected chi connectivity index (χ2v) is 5.04. The molecule has 1 nitrogen and oxygen atoms in total. The molecule has 0 amide bonds. The van der Waals surface area contributed by atoms with Crippen molar-refractivity contribution < 1.29 is 0 Å². The Morgan fingerprint density at radius 3 is 2.62 bits per heavy atom. The summed E-state index contributed by atoms with van der Waals surface area (Å²) in [5.74, 6) is 0.764. The van der Waals surface area contributed by atoms with Crippen LogP contribution in [0.1, 0.15) is 23.6 Å². The van der Waals surface area contributed by atoms with Gasteiger partial charge in [-0.1, -0.05) is 11.6 Å². The molecular weight excluding hydrogens is 225 g/mol. The summed E-state index contributed by atoms with van der Waals surface area (Å²) in [5.41, 5.74) is 0. The van der Waals surface area contributed by atoms with Crippen molar-refractivity contribution in [2.45, 2.75) is 24.8 Å². The van der Waals surface area contributed by atoms with Crippen LogP contribution in [-0.2, 0) is 0 Å². The van der Waals surface area contributed by atoms with Gasteiger partial charge in [-0.3, -0.25) is 0 Å². The van der Waals surface area contributed by atoms with E-state index in [-0.39, 0.29) is 12.4 Å². The van der Waals surface area contributed by atoms with Gasteiger partial charge in [-0.25, -0.2) is 0 Å². The lowest BCUT2D eigenvalue weighted by Gasteiger charge is -2.34. The van der Waals surface area contributed by atoms with Crippen LogP contribution in [0, 0.1) is 0 Å². The van der Waals surface area contributed by atoms with E-state index in [0.717, 1.165) is 16.3 Å². The van der Waals surface area contributed by atoms with Crippen molar-refractivity contribution in [1.29, 1.82) is 0 Å². The zero-order valence-electron chi connectivity index (χ0n) is 7.42. The fourth-order valence-corrected chi connectivity index (χ4v) is 2.82. The Hall–Kier alpha value is 0.240. The summed E-state index contributed by atoms with van der Waals surface area (Å²) in [7, 11) is 2.03. The first-order valence-electron chi connectivity index (χ1n) is 4.22. The average molecular weight is 238 g/mol. The predicted octanol–water partition coefficient (Wildman–Crippen LogP) is 3.29. The molecule has 1 aromatic heterocycles. The van der Waals surface area contributed by atoms with E-state index in [0.29, 0.717) is 0 Å². The van der Waals surface area contributed by atoms with Crippen molar-refractivity contribution in [3.63, 3.8) is 0 Å². The number of nitrogens with one attached hydrogen (secondary N) is 1. The summed E-state index contributed by atoms with van der Waals surface area (Å²) in [6.45, 7) is 0. The molecule has 1 heterocycles. The van der Waals surface area contributed by atoms with Crippen LogP contribution in [0.3, 0.4) is 0 Å². The molecule has 0 unspecified atom stereocenters. The number of rotatable bonds is 2. The lowest BCUT2D eigenvalue weighted by atomic mass is 9.79. The summed E-state index contributed by atoms with van der Waals surface area (Å²) in [6.07, 6.45) is 2.54. The van der Waals surface area contributed by atoms with Gasteiger partial charge in [-0.05, 0) is 37.9 Å². The van der Waals surface area contributed by atoms with Gasteiger partial charge in [0.1, 0.15) is 0 Å². The van der Waals surface area contributed by atoms with Crippen LogP contribution in [0.25, 0.3) is 0 Å². The highest BCUT2D eigenvalue weighted by Gasteiger charge is 2.29. The van der Waals surface area contributed by atoms with Crippen molar-refractivity contribution in [2.75, 3.05) is 7.05 Å². The molecule has 1 aliphatic rings. The van der Waals surface area contributed by atoms with Crippen molar-refractivity contribution in [3.05, 3.63) is 21.3 Å². The van der Waals surface area contributed by atoms with Gasteiger partial charge in [-0.15, -0.1) is 23.7 Å². The molecule has 1 saturated carbocycles. The second-order valence-electron chi connectivity index (χ2n) is 3.30. The fourth-order valence-electron chi connectivity index (χ4n) is 1.63. The standard InChI is InChI=1S/C9H12ClNS.ClH/c1-11-7-4-6(5-7)8-2-3-9(10)12-8;/h2-3,6-7,11H,4-5H2,1H3;1H. The third-order valence-corrected chi connectivity index (χ3v) is 3.94. The van der Waals surface area contributed by atoms with Gasteiger partial charge in [0, 0.05) is 10.9 Å². The molecule has 0 radical (unpaired) electrons. The molecule has 13 heavy (non-hydrogen) atoms. The first kappa shape index (κ1) is 11.3. The fraction of sp³-hybridized carbons (Fsp3) is 0.556. The van der Waals surface area contributed by atoms with E-state index in [1.807, 2.05) is 13.1 Å². The molecule has 0 aliphatic heterocycles. The van der Waals surface area contributed by atoms with Crippen LogP contribution in [0.4, 0.5) is 0 Å². The van der Waals surface area contributed by atoms with Crippen LogP contribution < -0.4 is 5.32 Å². The molecule has 1 aromatic rings. The van der Waals surface area contributed by atoms with Crippen molar-refractivity contribution >= 4 is 35.3 Å². The Kier molecular flexibility index (Phi) is 4.05. The van der Waals surface area contributed by atoms with E-state index in [2.05, 4.69) is 11.4 Å². The highest BCUT2D eigenvalue weighted by molar-refractivity contribution is 7.16. The molecule has 2 rings (SSSR count). The maximum absolute atomic E-state index is 5.86. The zero-order chi connectivity index (χ0) is 8.55. The lowest BCUT2D eigenvalue weighted by molar-refractivity contribution is 0.311. The highest BCUT2D eigenvalue weighted by Crippen LogP contribution is 2.40. The molecule has 1 aliphatic carbocycles. The first-order valence-corrected chi connectivity index (χ1v) is 5.41. The molecule has 4 heteroatoms. The first-order chi connectivity index (χ1) is 5.79. The minimum absolute atomic E-state index is 0. The topological polar surface area (TPSA) is 12.0 Å². The van der Waals surface area contributed by atoms with Crippen molar-refractivity contribution in [2.24, 2.45) is 0 Å². The highest BCUT2D eigenvalue weighted by atomic mass is 35.5. The van der Waals surface area contributed by atoms with Gasteiger partial charge in [0.2, 0.25) is 0 Å². The second kappa shape index (κ2) is 4.65. The molecule has 0 aromatic carbocycles. The Morgan fingerprint density at radius 2 is 2.15 bits per heavy atom. The largest absolute Gasteiger partial charge is 0.317 e. The van der Waals surface area contributed by atoms with E-state index in [4.69, 9.17) is 11.6 Å². The molecule has 0 saturated heterocycles. The number of thiophene rings is 1. The van der Waals surface area contributed by atoms with E-state index in [1.165, 1.54) is 17.7 Å². The molecule has 1 N–H and O–H groups in total. The molecule has 0 bridgehead atoms. The molecule has 74 valence electrons. The molecule has 1 fully saturated rings. The Labute approximate surface area is 93.9 Å². The Balaban J connectivity index is 0.000000845. The molecular formula is C9H13Cl2NS. The van der Waals surface area contributed by atoms with Gasteiger partial charge < -0.3 is 5.32 Å². The summed E-state index contributed by atoms with van der Waals surface area (Å²) in [6, 6.07) is 4.88. The monoisotopic (exact) mass is 237 g/mol. The van der Waals surface area contributed by atoms with E-state index < -0.39 is 0 Å². The SMILES string of the molecule is CNC1CC(c2ccc(Cl)s2)C1.Cl. The molecule has 0 atom stereocenters. The normalized spacial score (nSPS) is 26.3. The summed E-state index contributed by atoms with van der Waals surface area (Å²) >= 11 is 7.58. The Bertz CT molecular complexity index is 268. The van der Waals surface area contributed by atoms with E-state index in [9.17, 15) is 0 Å².